The summed E-state index contributed by atoms with van der Waals surface area (Å²) < 4.78 is 11.3. The van der Waals surface area contributed by atoms with Crippen LogP contribution in [0.3, 0.4) is 0 Å². The monoisotopic (exact) mass is 814 g/mol. The summed E-state index contributed by atoms with van der Waals surface area (Å²) in [6.45, 7) is 5.46. The predicted molar refractivity (Wildman–Crippen MR) is 223 cm³/mol. The Hall–Kier alpha value is -2.32. The first-order valence-corrected chi connectivity index (χ1v) is 22.8. The zero-order chi connectivity index (χ0) is 42.3. The summed E-state index contributed by atoms with van der Waals surface area (Å²) in [6.07, 6.45) is 22.7. The van der Waals surface area contributed by atoms with Gasteiger partial charge in [0.15, 0.2) is 6.29 Å². The number of ether oxygens (including phenoxy) is 2. The average molecular weight is 814 g/mol. The number of aliphatic hydroxyl groups is 3. The van der Waals surface area contributed by atoms with Gasteiger partial charge in [-0.1, -0.05) is 168 Å². The number of aliphatic hydroxyl groups excluding tert-OH is 3. The van der Waals surface area contributed by atoms with Crippen LogP contribution in [0.2, 0.25) is 0 Å². The van der Waals surface area contributed by atoms with Gasteiger partial charge in [0.1, 0.15) is 30.4 Å². The summed E-state index contributed by atoms with van der Waals surface area (Å²) >= 11 is 0. The molecule has 0 radical (unpaired) electrons. The van der Waals surface area contributed by atoms with Crippen molar-refractivity contribution in [2.24, 2.45) is 5.92 Å². The molecule has 1 aliphatic rings. The van der Waals surface area contributed by atoms with Crippen LogP contribution in [-0.4, -0.2) is 101 Å². The molecule has 1 aliphatic heterocycles. The van der Waals surface area contributed by atoms with E-state index in [0.717, 1.165) is 38.5 Å². The highest BCUT2D eigenvalue weighted by Crippen LogP contribution is 2.23. The summed E-state index contributed by atoms with van der Waals surface area (Å²) in [5.41, 5.74) is 0. The maximum atomic E-state index is 14.0. The minimum absolute atomic E-state index is 0.339. The van der Waals surface area contributed by atoms with Crippen LogP contribution in [0.5, 0.6) is 0 Å². The number of hydrogen-bond donors (Lipinski definition) is 7. The molecule has 0 unspecified atom stereocenters. The number of amides is 3. The minimum Gasteiger partial charge on any atom is -0.481 e. The lowest BCUT2D eigenvalue weighted by atomic mass is 9.92. The molecule has 0 aromatic carbocycles. The molecule has 1 rings (SSSR count). The van der Waals surface area contributed by atoms with Gasteiger partial charge >= 0.3 is 5.97 Å². The van der Waals surface area contributed by atoms with Gasteiger partial charge in [0, 0.05) is 13.0 Å². The fourth-order valence-electron chi connectivity index (χ4n) is 7.52. The van der Waals surface area contributed by atoms with Gasteiger partial charge < -0.3 is 45.9 Å². The molecule has 0 saturated carbocycles. The van der Waals surface area contributed by atoms with Gasteiger partial charge in [-0.25, -0.2) is 0 Å². The minimum atomic E-state index is -1.63. The van der Waals surface area contributed by atoms with Crippen LogP contribution in [0.1, 0.15) is 194 Å². The molecular weight excluding hydrogens is 730 g/mol. The van der Waals surface area contributed by atoms with E-state index in [0.29, 0.717) is 12.8 Å². The van der Waals surface area contributed by atoms with Gasteiger partial charge in [0.05, 0.1) is 19.1 Å². The van der Waals surface area contributed by atoms with Gasteiger partial charge in [-0.15, -0.1) is 0 Å². The van der Waals surface area contributed by atoms with Crippen molar-refractivity contribution in [3.63, 3.8) is 0 Å². The molecule has 0 spiro atoms. The quantitative estimate of drug-likeness (QED) is 0.0329. The van der Waals surface area contributed by atoms with Crippen molar-refractivity contribution >= 4 is 23.7 Å². The van der Waals surface area contributed by atoms with E-state index < -0.39 is 73.6 Å². The number of rotatable bonds is 36. The van der Waals surface area contributed by atoms with E-state index >= 15 is 0 Å². The molecular formula is C44H83N3O10. The molecule has 1 saturated heterocycles. The lowest BCUT2D eigenvalue weighted by Crippen LogP contribution is -2.59. The lowest BCUT2D eigenvalue weighted by Gasteiger charge is -2.39. The molecule has 1 fully saturated rings. The summed E-state index contributed by atoms with van der Waals surface area (Å²) in [7, 11) is 1.32. The highest BCUT2D eigenvalue weighted by atomic mass is 16.7. The molecule has 57 heavy (non-hydrogen) atoms. The zero-order valence-electron chi connectivity index (χ0n) is 36.2. The van der Waals surface area contributed by atoms with E-state index in [-0.39, 0.29) is 11.8 Å². The van der Waals surface area contributed by atoms with Crippen LogP contribution in [0.25, 0.3) is 0 Å². The van der Waals surface area contributed by atoms with Crippen molar-refractivity contribution < 1.29 is 49.1 Å². The van der Waals surface area contributed by atoms with Crippen molar-refractivity contribution in [2.75, 3.05) is 13.7 Å². The third-order valence-corrected chi connectivity index (χ3v) is 11.3. The predicted octanol–water partition coefficient (Wildman–Crippen LogP) is 6.82. The molecule has 0 aromatic heterocycles. The maximum Gasteiger partial charge on any atom is 0.305 e. The van der Waals surface area contributed by atoms with Crippen LogP contribution in [0.15, 0.2) is 0 Å². The Labute approximate surface area is 344 Å². The second-order valence-corrected chi connectivity index (χ2v) is 16.4. The zero-order valence-corrected chi connectivity index (χ0v) is 36.2. The topological polar surface area (TPSA) is 204 Å². The third-order valence-electron chi connectivity index (χ3n) is 11.3. The second kappa shape index (κ2) is 33.5. The largest absolute Gasteiger partial charge is 0.481 e. The number of hydrogen-bond acceptors (Lipinski definition) is 9. The van der Waals surface area contributed by atoms with E-state index in [2.05, 4.69) is 29.8 Å². The highest BCUT2D eigenvalue weighted by Gasteiger charge is 2.43. The molecule has 1 heterocycles. The molecule has 13 nitrogen and oxygen atoms in total. The fraction of sp³-hybridized carbons (Fsp3) is 0.909. The Balaban J connectivity index is 2.91. The van der Waals surface area contributed by atoms with Crippen LogP contribution >= 0.6 is 0 Å². The van der Waals surface area contributed by atoms with Crippen LogP contribution in [0, 0.1) is 5.92 Å². The van der Waals surface area contributed by atoms with Gasteiger partial charge in [0.25, 0.3) is 0 Å². The molecule has 3 amide bonds. The van der Waals surface area contributed by atoms with Crippen molar-refractivity contribution in [3.8, 4) is 0 Å². The number of aliphatic carboxylic acids is 1. The Morgan fingerprint density at radius 1 is 0.561 bits per heavy atom. The summed E-state index contributed by atoms with van der Waals surface area (Å²) in [5, 5.41) is 47.9. The molecule has 0 aromatic rings. The smallest absolute Gasteiger partial charge is 0.305 e. The number of carbonyl (C=O) groups excluding carboxylic acids is 3. The third kappa shape index (κ3) is 24.4. The standard InChI is InChI=1S/C44H83N3O10/c1-5-7-9-11-13-15-17-19-21-23-25-27-29-34(30-28-26-24-22-20-18-16-14-12-10-8-6-2)41(53)47-36(43(55)46-35(31-37(48)49)42(54)45-4)32-56-44-40(52)39(51)38(50)33(3)57-44/h33-36,38-40,44,50-52H,5-32H2,1-4H3,(H,45,54)(H,46,55)(H,47,53)(H,48,49)/t33-,35-,36+,38+,39+,40-,44+/m0/s1. The second-order valence-electron chi connectivity index (χ2n) is 16.4. The molecule has 0 aliphatic carbocycles. The molecule has 334 valence electrons. The van der Waals surface area contributed by atoms with E-state index in [4.69, 9.17) is 9.47 Å². The van der Waals surface area contributed by atoms with Gasteiger partial charge in [-0.2, -0.15) is 0 Å². The summed E-state index contributed by atoms with van der Waals surface area (Å²) in [5.74, 6) is -3.56. The highest BCUT2D eigenvalue weighted by molar-refractivity contribution is 5.94. The Morgan fingerprint density at radius 2 is 0.965 bits per heavy atom. The first kappa shape index (κ1) is 52.7. The fourth-order valence-corrected chi connectivity index (χ4v) is 7.52. The molecule has 7 N–H and O–H groups in total. The summed E-state index contributed by atoms with van der Waals surface area (Å²) in [6, 6.07) is -2.79. The van der Waals surface area contributed by atoms with Gasteiger partial charge in [0.2, 0.25) is 17.7 Å². The van der Waals surface area contributed by atoms with Crippen molar-refractivity contribution in [3.05, 3.63) is 0 Å². The van der Waals surface area contributed by atoms with E-state index in [1.165, 1.54) is 130 Å². The molecule has 13 heteroatoms. The van der Waals surface area contributed by atoms with Crippen LogP contribution in [0.4, 0.5) is 0 Å². The first-order valence-electron chi connectivity index (χ1n) is 22.8. The van der Waals surface area contributed by atoms with Crippen molar-refractivity contribution in [1.82, 2.24) is 16.0 Å². The van der Waals surface area contributed by atoms with Gasteiger partial charge in [-0.3, -0.25) is 19.2 Å². The number of nitrogens with one attached hydrogen (secondary N) is 3. The Kier molecular flexibility index (Phi) is 31.0. The lowest BCUT2D eigenvalue weighted by molar-refractivity contribution is -0.293. The first-order chi connectivity index (χ1) is 27.5. The number of carboxylic acid groups (broad SMARTS) is 1. The SMILES string of the molecule is CCCCCCCCCCCCCCC(CCCCCCCCCCCCCC)C(=O)N[C@H](CO[C@@H]1O[C@@H](C)[C@@H](O)[C@@H](O)[C@@H]1O)C(=O)N[C@@H](CC(=O)O)C(=O)NC. The number of carbonyl (C=O) groups is 4. The number of likely N-dealkylation sites (N-methyl/N-ethyl adjacent to an activating group) is 1. The van der Waals surface area contributed by atoms with E-state index in [1.54, 1.807) is 0 Å². The number of unbranched alkanes of at least 4 members (excludes halogenated alkanes) is 22. The average Bonchev–Trinajstić information content (AvgIpc) is 3.19. The van der Waals surface area contributed by atoms with Gasteiger partial charge in [-0.05, 0) is 19.8 Å². The maximum absolute atomic E-state index is 14.0. The summed E-state index contributed by atoms with van der Waals surface area (Å²) in [4.78, 5) is 51.6. The van der Waals surface area contributed by atoms with Crippen molar-refractivity contribution in [1.29, 1.82) is 0 Å². The molecule has 7 atom stereocenters. The van der Waals surface area contributed by atoms with Crippen LogP contribution < -0.4 is 16.0 Å². The van der Waals surface area contributed by atoms with E-state index in [1.807, 2.05) is 0 Å². The molecule has 0 bridgehead atoms. The van der Waals surface area contributed by atoms with Crippen LogP contribution in [-0.2, 0) is 28.7 Å². The van der Waals surface area contributed by atoms with E-state index in [9.17, 15) is 39.6 Å². The van der Waals surface area contributed by atoms with Crippen molar-refractivity contribution in [2.45, 2.75) is 237 Å². The Bertz CT molecular complexity index is 1040. The Morgan fingerprint density at radius 3 is 1.37 bits per heavy atom. The normalized spacial score (nSPS) is 20.6. The number of carboxylic acids is 1.